The van der Waals surface area contributed by atoms with Gasteiger partial charge in [-0.3, -0.25) is 0 Å². The summed E-state index contributed by atoms with van der Waals surface area (Å²) in [6, 6.07) is 17.2. The molecule has 0 fully saturated rings. The highest BCUT2D eigenvalue weighted by Crippen LogP contribution is 2.36. The quantitative estimate of drug-likeness (QED) is 0.899. The molecule has 2 nitrogen and oxygen atoms in total. The van der Waals surface area contributed by atoms with Gasteiger partial charge in [-0.2, -0.15) is 0 Å². The van der Waals surface area contributed by atoms with Gasteiger partial charge in [-0.05, 0) is 32.1 Å². The Morgan fingerprint density at radius 3 is 2.14 bits per heavy atom. The van der Waals surface area contributed by atoms with Gasteiger partial charge in [0.1, 0.15) is 5.60 Å². The van der Waals surface area contributed by atoms with E-state index in [9.17, 15) is 5.11 Å². The molecule has 1 N–H and O–H groups in total. The van der Waals surface area contributed by atoms with Gasteiger partial charge in [0.25, 0.3) is 0 Å². The monoisotopic (exact) mass is 325 g/mol. The first-order valence-corrected chi connectivity index (χ1v) is 7.09. The lowest BCUT2D eigenvalue weighted by Crippen LogP contribution is -2.32. The summed E-state index contributed by atoms with van der Waals surface area (Å²) in [6.45, 7) is 0.774. The van der Waals surface area contributed by atoms with Crippen molar-refractivity contribution in [1.82, 2.24) is 4.90 Å². The first-order chi connectivity index (χ1) is 9.54. The van der Waals surface area contributed by atoms with Crippen LogP contribution in [0, 0.1) is 0 Å². The molecule has 2 aromatic rings. The summed E-state index contributed by atoms with van der Waals surface area (Å²) in [5.74, 6) is 0. The molecule has 114 valence electrons. The largest absolute Gasteiger partial charge is 0.380 e. The highest BCUT2D eigenvalue weighted by Gasteiger charge is 2.32. The smallest absolute Gasteiger partial charge is 0.117 e. The number of aliphatic hydroxyl groups is 1. The number of hydrogen-bond acceptors (Lipinski definition) is 2. The molecule has 2 aromatic carbocycles. The molecule has 0 aliphatic rings. The highest BCUT2D eigenvalue weighted by molar-refractivity contribution is 6.31. The number of rotatable bonds is 5. The molecule has 0 heterocycles. The lowest BCUT2D eigenvalue weighted by atomic mass is 9.83. The predicted molar refractivity (Wildman–Crippen MR) is 91.3 cm³/mol. The molecule has 0 aliphatic heterocycles. The van der Waals surface area contributed by atoms with E-state index in [1.165, 1.54) is 0 Å². The van der Waals surface area contributed by atoms with Crippen molar-refractivity contribution in [3.05, 3.63) is 70.7 Å². The van der Waals surface area contributed by atoms with Crippen LogP contribution >= 0.6 is 24.0 Å². The van der Waals surface area contributed by atoms with Crippen LogP contribution < -0.4 is 0 Å². The van der Waals surface area contributed by atoms with E-state index in [-0.39, 0.29) is 12.4 Å². The third kappa shape index (κ3) is 4.21. The van der Waals surface area contributed by atoms with Crippen molar-refractivity contribution in [3.63, 3.8) is 0 Å². The van der Waals surface area contributed by atoms with Gasteiger partial charge >= 0.3 is 0 Å². The van der Waals surface area contributed by atoms with Crippen molar-refractivity contribution >= 4 is 24.0 Å². The Kier molecular flexibility index (Phi) is 6.69. The van der Waals surface area contributed by atoms with Crippen molar-refractivity contribution in [1.29, 1.82) is 0 Å². The second kappa shape index (κ2) is 7.81. The van der Waals surface area contributed by atoms with Crippen molar-refractivity contribution < 1.29 is 5.11 Å². The van der Waals surface area contributed by atoms with Crippen LogP contribution in [0.3, 0.4) is 0 Å². The van der Waals surface area contributed by atoms with Gasteiger partial charge in [0.15, 0.2) is 0 Å². The highest BCUT2D eigenvalue weighted by atomic mass is 35.5. The number of nitrogens with zero attached hydrogens (tertiary/aromatic N) is 1. The molecule has 0 radical (unpaired) electrons. The normalized spacial score (nSPS) is 13.6. The third-order valence-electron chi connectivity index (χ3n) is 3.49. The molecule has 0 aromatic heterocycles. The maximum absolute atomic E-state index is 11.3. The van der Waals surface area contributed by atoms with Gasteiger partial charge in [-0.25, -0.2) is 0 Å². The molecule has 0 saturated heterocycles. The SMILES string of the molecule is CN(C)CC[C@](O)(c1ccccc1)c1ccccc1Cl.Cl. The Labute approximate surface area is 137 Å². The lowest BCUT2D eigenvalue weighted by Gasteiger charge is -2.31. The van der Waals surface area contributed by atoms with Gasteiger partial charge in [-0.15, -0.1) is 12.4 Å². The van der Waals surface area contributed by atoms with E-state index in [1.54, 1.807) is 0 Å². The summed E-state index contributed by atoms with van der Waals surface area (Å²) in [5.41, 5.74) is 0.564. The van der Waals surface area contributed by atoms with Crippen LogP contribution in [0.25, 0.3) is 0 Å². The number of hydrogen-bond donors (Lipinski definition) is 1. The first kappa shape index (κ1) is 18.0. The summed E-state index contributed by atoms with van der Waals surface area (Å²) < 4.78 is 0. The van der Waals surface area contributed by atoms with E-state index in [4.69, 9.17) is 11.6 Å². The number of halogens is 2. The Hall–Kier alpha value is -1.06. The van der Waals surface area contributed by atoms with E-state index >= 15 is 0 Å². The van der Waals surface area contributed by atoms with E-state index in [0.29, 0.717) is 11.4 Å². The van der Waals surface area contributed by atoms with Crippen LogP contribution in [0.4, 0.5) is 0 Å². The standard InChI is InChI=1S/C17H20ClNO.ClH/c1-19(2)13-12-17(20,14-8-4-3-5-9-14)15-10-6-7-11-16(15)18;/h3-11,20H,12-13H2,1-2H3;1H/t17-;/m0./s1. The summed E-state index contributed by atoms with van der Waals surface area (Å²) in [4.78, 5) is 2.06. The minimum absolute atomic E-state index is 0. The van der Waals surface area contributed by atoms with Crippen LogP contribution in [0.1, 0.15) is 17.5 Å². The molecule has 0 aliphatic carbocycles. The van der Waals surface area contributed by atoms with Gasteiger partial charge in [-0.1, -0.05) is 60.1 Å². The Bertz CT molecular complexity index is 560. The fourth-order valence-electron chi connectivity index (χ4n) is 2.33. The molecule has 0 amide bonds. The summed E-state index contributed by atoms with van der Waals surface area (Å²) in [5, 5.41) is 11.9. The molecule has 21 heavy (non-hydrogen) atoms. The maximum Gasteiger partial charge on any atom is 0.117 e. The van der Waals surface area contributed by atoms with E-state index < -0.39 is 5.60 Å². The van der Waals surface area contributed by atoms with Crippen LogP contribution in [0.15, 0.2) is 54.6 Å². The maximum atomic E-state index is 11.3. The van der Waals surface area contributed by atoms with Gasteiger partial charge in [0.05, 0.1) is 0 Å². The third-order valence-corrected chi connectivity index (χ3v) is 3.82. The molecule has 0 unspecified atom stereocenters. The second-order valence-electron chi connectivity index (χ2n) is 5.26. The van der Waals surface area contributed by atoms with Crippen molar-refractivity contribution in [2.45, 2.75) is 12.0 Å². The molecular weight excluding hydrogens is 305 g/mol. The topological polar surface area (TPSA) is 23.5 Å². The Balaban J connectivity index is 0.00000220. The van der Waals surface area contributed by atoms with Crippen LogP contribution in [0.2, 0.25) is 5.02 Å². The van der Waals surface area contributed by atoms with Crippen LogP contribution in [0.5, 0.6) is 0 Å². The zero-order chi connectivity index (χ0) is 14.6. The lowest BCUT2D eigenvalue weighted by molar-refractivity contribution is 0.0630. The van der Waals surface area contributed by atoms with Gasteiger partial charge in [0.2, 0.25) is 0 Å². The van der Waals surface area contributed by atoms with Crippen LogP contribution in [-0.2, 0) is 5.60 Å². The fraction of sp³-hybridized carbons (Fsp3) is 0.294. The van der Waals surface area contributed by atoms with Crippen molar-refractivity contribution in [2.24, 2.45) is 0 Å². The molecule has 2 rings (SSSR count). The summed E-state index contributed by atoms with van der Waals surface area (Å²) in [6.07, 6.45) is 0.591. The average molecular weight is 326 g/mol. The van der Waals surface area contributed by atoms with Gasteiger partial charge < -0.3 is 10.0 Å². The summed E-state index contributed by atoms with van der Waals surface area (Å²) in [7, 11) is 4.00. The van der Waals surface area contributed by atoms with E-state index in [0.717, 1.165) is 17.7 Å². The second-order valence-corrected chi connectivity index (χ2v) is 5.67. The Morgan fingerprint density at radius 2 is 1.57 bits per heavy atom. The minimum atomic E-state index is -1.07. The molecule has 0 spiro atoms. The Morgan fingerprint density at radius 1 is 1.00 bits per heavy atom. The summed E-state index contributed by atoms with van der Waals surface area (Å²) >= 11 is 6.30. The van der Waals surface area contributed by atoms with E-state index in [2.05, 4.69) is 4.90 Å². The van der Waals surface area contributed by atoms with Crippen LogP contribution in [-0.4, -0.2) is 30.6 Å². The predicted octanol–water partition coefficient (Wildman–Crippen LogP) is 3.95. The molecular formula is C17H21Cl2NO. The number of benzene rings is 2. The first-order valence-electron chi connectivity index (χ1n) is 6.71. The fourth-order valence-corrected chi connectivity index (χ4v) is 2.62. The minimum Gasteiger partial charge on any atom is -0.380 e. The zero-order valence-corrected chi connectivity index (χ0v) is 13.9. The van der Waals surface area contributed by atoms with Crippen molar-refractivity contribution in [2.75, 3.05) is 20.6 Å². The molecule has 0 bridgehead atoms. The van der Waals surface area contributed by atoms with E-state index in [1.807, 2.05) is 68.7 Å². The molecule has 4 heteroatoms. The van der Waals surface area contributed by atoms with Crippen molar-refractivity contribution in [3.8, 4) is 0 Å². The zero-order valence-electron chi connectivity index (χ0n) is 12.3. The average Bonchev–Trinajstić information content (AvgIpc) is 2.46. The van der Waals surface area contributed by atoms with Gasteiger partial charge in [0, 0.05) is 17.1 Å². The molecule has 1 atom stereocenters. The molecule has 0 saturated carbocycles.